The van der Waals surface area contributed by atoms with Gasteiger partial charge in [-0.15, -0.1) is 0 Å². The second-order valence-corrected chi connectivity index (χ2v) is 4.40. The lowest BCUT2D eigenvalue weighted by atomic mass is 10.1. The summed E-state index contributed by atoms with van der Waals surface area (Å²) in [6, 6.07) is -0.317. The fraction of sp³-hybridized carbons (Fsp3) is 0.214. The predicted molar refractivity (Wildman–Crippen MR) is 75.3 cm³/mol. The molecule has 0 saturated heterocycles. The lowest BCUT2D eigenvalue weighted by molar-refractivity contribution is -0.135. The molecule has 8 heteroatoms. The number of nitrogens with zero attached hydrogens (tertiary/aromatic N) is 2. The number of ether oxygens (including phenoxy) is 1. The summed E-state index contributed by atoms with van der Waals surface area (Å²) in [5, 5.41) is 5.10. The summed E-state index contributed by atoms with van der Waals surface area (Å²) >= 11 is 0. The van der Waals surface area contributed by atoms with Gasteiger partial charge in [-0.2, -0.15) is 0 Å². The van der Waals surface area contributed by atoms with E-state index in [-0.39, 0.29) is 18.2 Å². The highest BCUT2D eigenvalue weighted by molar-refractivity contribution is 6.03. The van der Waals surface area contributed by atoms with Gasteiger partial charge in [0.2, 0.25) is 5.91 Å². The van der Waals surface area contributed by atoms with Crippen LogP contribution in [0.2, 0.25) is 0 Å². The van der Waals surface area contributed by atoms with Gasteiger partial charge < -0.3 is 10.1 Å². The Morgan fingerprint density at radius 2 is 2.18 bits per heavy atom. The summed E-state index contributed by atoms with van der Waals surface area (Å²) in [6.45, 7) is 0. The van der Waals surface area contributed by atoms with E-state index in [1.165, 1.54) is 31.9 Å². The van der Waals surface area contributed by atoms with Crippen LogP contribution in [0.1, 0.15) is 16.9 Å². The van der Waals surface area contributed by atoms with E-state index in [0.29, 0.717) is 5.57 Å². The van der Waals surface area contributed by atoms with E-state index in [1.54, 1.807) is 12.2 Å². The highest BCUT2D eigenvalue weighted by Gasteiger charge is 2.18. The van der Waals surface area contributed by atoms with Gasteiger partial charge in [0.15, 0.2) is 0 Å². The standard InChI is InChI=1S/C14H14N4O4/c1-22-14(21)9-2-3-10(17-7-9)6-12(19)18-13(20)11-8-15-4-5-16-11/h2-5,7-8,10,17H,6H2,1H3,(H,18,19,20). The van der Waals surface area contributed by atoms with Crippen molar-refractivity contribution in [2.75, 3.05) is 7.11 Å². The average Bonchev–Trinajstić information content (AvgIpc) is 2.55. The minimum atomic E-state index is -0.608. The van der Waals surface area contributed by atoms with Crippen LogP contribution in [0.5, 0.6) is 0 Å². The molecule has 2 rings (SSSR count). The molecule has 8 nitrogen and oxygen atoms in total. The van der Waals surface area contributed by atoms with Gasteiger partial charge in [0.25, 0.3) is 5.91 Å². The van der Waals surface area contributed by atoms with Crippen LogP contribution in [0, 0.1) is 0 Å². The number of aromatic nitrogens is 2. The molecule has 0 saturated carbocycles. The van der Waals surface area contributed by atoms with Crippen LogP contribution >= 0.6 is 0 Å². The molecule has 1 aliphatic rings. The van der Waals surface area contributed by atoms with Crippen molar-refractivity contribution in [3.63, 3.8) is 0 Å². The summed E-state index contributed by atoms with van der Waals surface area (Å²) in [6.07, 6.45) is 8.78. The minimum Gasteiger partial charge on any atom is -0.465 e. The molecule has 22 heavy (non-hydrogen) atoms. The zero-order valence-electron chi connectivity index (χ0n) is 11.8. The van der Waals surface area contributed by atoms with Gasteiger partial charge in [0.1, 0.15) is 5.69 Å². The maximum atomic E-state index is 11.8. The zero-order valence-corrected chi connectivity index (χ0v) is 11.8. The van der Waals surface area contributed by atoms with Gasteiger partial charge in [-0.3, -0.25) is 19.9 Å². The van der Waals surface area contributed by atoms with Crippen LogP contribution in [-0.4, -0.2) is 40.9 Å². The largest absolute Gasteiger partial charge is 0.465 e. The first kappa shape index (κ1) is 15.4. The lowest BCUT2D eigenvalue weighted by Gasteiger charge is -2.17. The summed E-state index contributed by atoms with van der Waals surface area (Å²) in [5.41, 5.74) is 0.422. The first-order valence-corrected chi connectivity index (χ1v) is 6.43. The molecule has 1 aromatic heterocycles. The van der Waals surface area contributed by atoms with Gasteiger partial charge in [-0.05, 0) is 6.08 Å². The summed E-state index contributed by atoms with van der Waals surface area (Å²) < 4.78 is 4.57. The van der Waals surface area contributed by atoms with Gasteiger partial charge in [0, 0.05) is 18.6 Å². The molecule has 2 amide bonds. The highest BCUT2D eigenvalue weighted by atomic mass is 16.5. The van der Waals surface area contributed by atoms with E-state index in [2.05, 4.69) is 25.3 Å². The molecule has 2 heterocycles. The first-order valence-electron chi connectivity index (χ1n) is 6.43. The van der Waals surface area contributed by atoms with Crippen molar-refractivity contribution in [3.8, 4) is 0 Å². The van der Waals surface area contributed by atoms with Crippen LogP contribution in [0.3, 0.4) is 0 Å². The number of dihydropyridines is 1. The van der Waals surface area contributed by atoms with Crippen molar-refractivity contribution in [3.05, 3.63) is 48.2 Å². The topological polar surface area (TPSA) is 110 Å². The van der Waals surface area contributed by atoms with Crippen LogP contribution in [0.25, 0.3) is 0 Å². The SMILES string of the molecule is COC(=O)C1=CNC(CC(=O)NC(=O)c2cnccn2)C=C1. The number of imide groups is 1. The van der Waals surface area contributed by atoms with Gasteiger partial charge >= 0.3 is 5.97 Å². The molecule has 1 atom stereocenters. The molecule has 0 aliphatic carbocycles. The molecule has 1 aromatic rings. The first-order chi connectivity index (χ1) is 10.6. The van der Waals surface area contributed by atoms with Crippen molar-refractivity contribution in [2.24, 2.45) is 0 Å². The number of carbonyl (C=O) groups is 3. The Bertz CT molecular complexity index is 640. The Hall–Kier alpha value is -3.03. The fourth-order valence-corrected chi connectivity index (χ4v) is 1.75. The third-order valence-electron chi connectivity index (χ3n) is 2.84. The molecule has 1 unspecified atom stereocenters. The quantitative estimate of drug-likeness (QED) is 0.735. The number of carbonyl (C=O) groups excluding carboxylic acids is 3. The molecule has 0 aromatic carbocycles. The smallest absolute Gasteiger partial charge is 0.339 e. The molecule has 114 valence electrons. The molecule has 0 radical (unpaired) electrons. The number of amides is 2. The Labute approximate surface area is 126 Å². The van der Waals surface area contributed by atoms with E-state index in [9.17, 15) is 14.4 Å². The molecule has 1 aliphatic heterocycles. The Balaban J connectivity index is 1.84. The number of nitrogens with one attached hydrogen (secondary N) is 2. The summed E-state index contributed by atoms with van der Waals surface area (Å²) in [7, 11) is 1.29. The number of hydrogen-bond donors (Lipinski definition) is 2. The van der Waals surface area contributed by atoms with Crippen molar-refractivity contribution >= 4 is 17.8 Å². The predicted octanol–water partition coefficient (Wildman–Crippen LogP) is -0.292. The van der Waals surface area contributed by atoms with Crippen molar-refractivity contribution < 1.29 is 19.1 Å². The van der Waals surface area contributed by atoms with Gasteiger partial charge in [0.05, 0.1) is 31.3 Å². The van der Waals surface area contributed by atoms with Crippen molar-refractivity contribution in [1.82, 2.24) is 20.6 Å². The van der Waals surface area contributed by atoms with E-state index >= 15 is 0 Å². The third kappa shape index (κ3) is 3.98. The van der Waals surface area contributed by atoms with Crippen molar-refractivity contribution in [1.29, 1.82) is 0 Å². The normalized spacial score (nSPS) is 16.2. The van der Waals surface area contributed by atoms with Crippen molar-refractivity contribution in [2.45, 2.75) is 12.5 Å². The monoisotopic (exact) mass is 302 g/mol. The fourth-order valence-electron chi connectivity index (χ4n) is 1.75. The molecular weight excluding hydrogens is 288 g/mol. The Morgan fingerprint density at radius 3 is 2.77 bits per heavy atom. The van der Waals surface area contributed by atoms with E-state index in [1.807, 2.05) is 0 Å². The third-order valence-corrected chi connectivity index (χ3v) is 2.84. The van der Waals surface area contributed by atoms with E-state index in [4.69, 9.17) is 0 Å². The zero-order chi connectivity index (χ0) is 15.9. The molecule has 0 fully saturated rings. The number of rotatable bonds is 4. The van der Waals surface area contributed by atoms with Crippen LogP contribution in [0.15, 0.2) is 42.5 Å². The minimum absolute atomic E-state index is 0.0352. The van der Waals surface area contributed by atoms with Gasteiger partial charge in [-0.1, -0.05) is 6.08 Å². The average molecular weight is 302 g/mol. The number of methoxy groups -OCH3 is 1. The van der Waals surface area contributed by atoms with Gasteiger partial charge in [-0.25, -0.2) is 9.78 Å². The molecule has 2 N–H and O–H groups in total. The maximum Gasteiger partial charge on any atom is 0.339 e. The second kappa shape index (κ2) is 7.11. The Morgan fingerprint density at radius 1 is 1.36 bits per heavy atom. The number of esters is 1. The van der Waals surface area contributed by atoms with E-state index in [0.717, 1.165) is 0 Å². The summed E-state index contributed by atoms with van der Waals surface area (Å²) in [5.74, 6) is -1.54. The van der Waals surface area contributed by atoms with Crippen LogP contribution < -0.4 is 10.6 Å². The van der Waals surface area contributed by atoms with E-state index < -0.39 is 17.8 Å². The van der Waals surface area contributed by atoms with Crippen LogP contribution in [-0.2, 0) is 14.3 Å². The molecule has 0 spiro atoms. The molecular formula is C14H14N4O4. The molecule has 0 bridgehead atoms. The second-order valence-electron chi connectivity index (χ2n) is 4.40. The Kier molecular flexibility index (Phi) is 4.97. The van der Waals surface area contributed by atoms with Crippen LogP contribution in [0.4, 0.5) is 0 Å². The highest BCUT2D eigenvalue weighted by Crippen LogP contribution is 2.08. The number of hydrogen-bond acceptors (Lipinski definition) is 7. The lowest BCUT2D eigenvalue weighted by Crippen LogP contribution is -2.37. The maximum absolute atomic E-state index is 11.8. The summed E-state index contributed by atoms with van der Waals surface area (Å²) in [4.78, 5) is 42.4.